The van der Waals surface area contributed by atoms with Crippen LogP contribution in [0.25, 0.3) is 6.08 Å². The van der Waals surface area contributed by atoms with E-state index in [1.54, 1.807) is 18.2 Å². The SMILES string of the molecule is CCCOc1ccc(/C=C2/SC(=S)N(c3cccc(Cl)c3)C2=O)cc1. The van der Waals surface area contributed by atoms with E-state index in [9.17, 15) is 4.79 Å². The number of amides is 1. The topological polar surface area (TPSA) is 29.5 Å². The second kappa shape index (κ2) is 8.04. The minimum absolute atomic E-state index is 0.136. The number of rotatable bonds is 5. The zero-order valence-electron chi connectivity index (χ0n) is 13.6. The minimum Gasteiger partial charge on any atom is -0.494 e. The van der Waals surface area contributed by atoms with Crippen LogP contribution in [-0.2, 0) is 4.79 Å². The van der Waals surface area contributed by atoms with Crippen molar-refractivity contribution in [2.75, 3.05) is 11.5 Å². The molecular weight excluding hydrogens is 374 g/mol. The molecule has 6 heteroatoms. The molecule has 1 aliphatic heterocycles. The molecule has 25 heavy (non-hydrogen) atoms. The van der Waals surface area contributed by atoms with Crippen LogP contribution < -0.4 is 9.64 Å². The largest absolute Gasteiger partial charge is 0.494 e. The number of carbonyl (C=O) groups excluding carboxylic acids is 1. The first kappa shape index (κ1) is 18.0. The molecule has 0 spiro atoms. The number of nitrogens with zero attached hydrogens (tertiary/aromatic N) is 1. The van der Waals surface area contributed by atoms with Crippen LogP contribution in [0.3, 0.4) is 0 Å². The first-order valence-corrected chi connectivity index (χ1v) is 9.45. The number of thioether (sulfide) groups is 1. The molecule has 0 bridgehead atoms. The molecule has 0 unspecified atom stereocenters. The van der Waals surface area contributed by atoms with E-state index in [0.29, 0.717) is 26.5 Å². The summed E-state index contributed by atoms with van der Waals surface area (Å²) < 4.78 is 6.07. The lowest BCUT2D eigenvalue weighted by Gasteiger charge is -2.14. The lowest BCUT2D eigenvalue weighted by atomic mass is 10.2. The van der Waals surface area contributed by atoms with Crippen LogP contribution in [0.4, 0.5) is 5.69 Å². The highest BCUT2D eigenvalue weighted by Crippen LogP contribution is 2.36. The molecule has 0 saturated carbocycles. The molecule has 128 valence electrons. The molecule has 2 aromatic carbocycles. The minimum atomic E-state index is -0.136. The lowest BCUT2D eigenvalue weighted by Crippen LogP contribution is -2.27. The number of thiocarbonyl (C=S) groups is 1. The van der Waals surface area contributed by atoms with Crippen molar-refractivity contribution in [1.82, 2.24) is 0 Å². The Labute approximate surface area is 161 Å². The van der Waals surface area contributed by atoms with Gasteiger partial charge in [0.25, 0.3) is 5.91 Å². The van der Waals surface area contributed by atoms with Gasteiger partial charge in [-0.2, -0.15) is 0 Å². The molecule has 2 aromatic rings. The van der Waals surface area contributed by atoms with E-state index < -0.39 is 0 Å². The van der Waals surface area contributed by atoms with Crippen molar-refractivity contribution in [3.05, 3.63) is 64.0 Å². The monoisotopic (exact) mass is 389 g/mol. The van der Waals surface area contributed by atoms with E-state index in [1.165, 1.54) is 16.7 Å². The van der Waals surface area contributed by atoms with E-state index in [-0.39, 0.29) is 5.91 Å². The summed E-state index contributed by atoms with van der Waals surface area (Å²) in [4.78, 5) is 14.8. The predicted molar refractivity (Wildman–Crippen MR) is 109 cm³/mol. The predicted octanol–water partition coefficient (Wildman–Crippen LogP) is 5.53. The highest BCUT2D eigenvalue weighted by molar-refractivity contribution is 8.27. The fourth-order valence-electron chi connectivity index (χ4n) is 2.34. The van der Waals surface area contributed by atoms with Gasteiger partial charge < -0.3 is 4.74 Å². The van der Waals surface area contributed by atoms with Crippen molar-refractivity contribution in [3.8, 4) is 5.75 Å². The molecule has 1 heterocycles. The second-order valence-corrected chi connectivity index (χ2v) is 7.53. The average Bonchev–Trinajstić information content (AvgIpc) is 2.88. The van der Waals surface area contributed by atoms with E-state index in [0.717, 1.165) is 17.7 Å². The Bertz CT molecular complexity index is 834. The van der Waals surface area contributed by atoms with Crippen LogP contribution in [0.2, 0.25) is 5.02 Å². The van der Waals surface area contributed by atoms with Crippen LogP contribution in [0.1, 0.15) is 18.9 Å². The standard InChI is InChI=1S/C19H16ClNO2S2/c1-2-10-23-16-8-6-13(7-9-16)11-17-18(22)21(19(24)25-17)15-5-3-4-14(20)12-15/h3-9,11-12H,2,10H2,1H3/b17-11+. The third-order valence-electron chi connectivity index (χ3n) is 3.51. The van der Waals surface area contributed by atoms with Crippen molar-refractivity contribution in [3.63, 3.8) is 0 Å². The summed E-state index contributed by atoms with van der Waals surface area (Å²) in [5, 5.41) is 0.568. The van der Waals surface area contributed by atoms with Crippen molar-refractivity contribution >= 4 is 57.6 Å². The number of halogens is 1. The zero-order valence-corrected chi connectivity index (χ0v) is 16.0. The Morgan fingerprint density at radius 2 is 2.00 bits per heavy atom. The molecule has 3 nitrogen and oxygen atoms in total. The fraction of sp³-hybridized carbons (Fsp3) is 0.158. The van der Waals surface area contributed by atoms with Gasteiger partial charge in [-0.25, -0.2) is 0 Å². The maximum Gasteiger partial charge on any atom is 0.270 e. The van der Waals surface area contributed by atoms with E-state index in [4.69, 9.17) is 28.6 Å². The molecule has 0 aromatic heterocycles. The maximum atomic E-state index is 12.7. The fourth-order valence-corrected chi connectivity index (χ4v) is 3.82. The summed E-state index contributed by atoms with van der Waals surface area (Å²) in [6, 6.07) is 14.8. The van der Waals surface area contributed by atoms with Crippen molar-refractivity contribution in [2.24, 2.45) is 0 Å². The number of ether oxygens (including phenoxy) is 1. The van der Waals surface area contributed by atoms with Crippen molar-refractivity contribution < 1.29 is 9.53 Å². The number of carbonyl (C=O) groups is 1. The van der Waals surface area contributed by atoms with Crippen molar-refractivity contribution in [1.29, 1.82) is 0 Å². The zero-order chi connectivity index (χ0) is 17.8. The summed E-state index contributed by atoms with van der Waals surface area (Å²) >= 11 is 12.7. The van der Waals surface area contributed by atoms with Gasteiger partial charge >= 0.3 is 0 Å². The molecule has 1 saturated heterocycles. The number of anilines is 1. The van der Waals surface area contributed by atoms with Gasteiger partial charge in [-0.1, -0.05) is 60.7 Å². The summed E-state index contributed by atoms with van der Waals surface area (Å²) in [6.07, 6.45) is 2.81. The highest BCUT2D eigenvalue weighted by atomic mass is 35.5. The average molecular weight is 390 g/mol. The van der Waals surface area contributed by atoms with Crippen LogP contribution >= 0.6 is 35.6 Å². The number of hydrogen-bond donors (Lipinski definition) is 0. The van der Waals surface area contributed by atoms with Gasteiger partial charge in [0.2, 0.25) is 0 Å². The number of benzene rings is 2. The Balaban J connectivity index is 1.80. The van der Waals surface area contributed by atoms with Crippen LogP contribution in [0.5, 0.6) is 5.75 Å². The van der Waals surface area contributed by atoms with Gasteiger partial charge in [0.05, 0.1) is 17.2 Å². The molecule has 1 aliphatic rings. The van der Waals surface area contributed by atoms with Gasteiger partial charge in [0, 0.05) is 5.02 Å². The summed E-state index contributed by atoms with van der Waals surface area (Å²) in [7, 11) is 0. The maximum absolute atomic E-state index is 12.7. The van der Waals surface area contributed by atoms with E-state index in [1.807, 2.05) is 36.4 Å². The molecule has 0 N–H and O–H groups in total. The summed E-state index contributed by atoms with van der Waals surface area (Å²) in [5.41, 5.74) is 1.61. The quantitative estimate of drug-likeness (QED) is 0.496. The van der Waals surface area contributed by atoms with Gasteiger partial charge in [0.15, 0.2) is 4.32 Å². The summed E-state index contributed by atoms with van der Waals surface area (Å²) in [6.45, 7) is 2.76. The van der Waals surface area contributed by atoms with E-state index in [2.05, 4.69) is 6.92 Å². The number of hydrogen-bond acceptors (Lipinski definition) is 4. The normalized spacial score (nSPS) is 15.9. The van der Waals surface area contributed by atoms with Crippen LogP contribution in [0, 0.1) is 0 Å². The van der Waals surface area contributed by atoms with Crippen LogP contribution in [0.15, 0.2) is 53.4 Å². The van der Waals surface area contributed by atoms with Gasteiger partial charge in [0.1, 0.15) is 5.75 Å². The Hall–Kier alpha value is -1.82. The third kappa shape index (κ3) is 4.24. The molecule has 0 radical (unpaired) electrons. The molecule has 1 fully saturated rings. The Morgan fingerprint density at radius 3 is 2.68 bits per heavy atom. The highest BCUT2D eigenvalue weighted by Gasteiger charge is 2.33. The van der Waals surface area contributed by atoms with Gasteiger partial charge in [-0.05, 0) is 48.4 Å². The summed E-state index contributed by atoms with van der Waals surface area (Å²) in [5.74, 6) is 0.689. The molecule has 0 aliphatic carbocycles. The molecule has 3 rings (SSSR count). The van der Waals surface area contributed by atoms with Gasteiger partial charge in [-0.3, -0.25) is 9.69 Å². The Kier molecular flexibility index (Phi) is 5.78. The molecule has 0 atom stereocenters. The van der Waals surface area contributed by atoms with Crippen molar-refractivity contribution in [2.45, 2.75) is 13.3 Å². The molecular formula is C19H16ClNO2S2. The molecule has 1 amide bonds. The first-order chi connectivity index (χ1) is 12.1. The van der Waals surface area contributed by atoms with Gasteiger partial charge in [-0.15, -0.1) is 0 Å². The Morgan fingerprint density at radius 1 is 1.24 bits per heavy atom. The van der Waals surface area contributed by atoms with E-state index >= 15 is 0 Å². The van der Waals surface area contributed by atoms with Crippen LogP contribution in [-0.4, -0.2) is 16.8 Å². The second-order valence-electron chi connectivity index (χ2n) is 5.41. The smallest absolute Gasteiger partial charge is 0.270 e. The lowest BCUT2D eigenvalue weighted by molar-refractivity contribution is -0.113. The third-order valence-corrected chi connectivity index (χ3v) is 5.05. The first-order valence-electron chi connectivity index (χ1n) is 7.85.